The van der Waals surface area contributed by atoms with E-state index in [4.69, 9.17) is 4.43 Å². The van der Waals surface area contributed by atoms with Crippen LogP contribution >= 0.6 is 27.7 Å². The third-order valence-electron chi connectivity index (χ3n) is 5.41. The van der Waals surface area contributed by atoms with Crippen molar-refractivity contribution >= 4 is 47.0 Å². The summed E-state index contributed by atoms with van der Waals surface area (Å²) in [7, 11) is -1.72. The highest BCUT2D eigenvalue weighted by atomic mass is 79.9. The van der Waals surface area contributed by atoms with Gasteiger partial charge in [0.15, 0.2) is 8.32 Å². The zero-order chi connectivity index (χ0) is 20.2. The Morgan fingerprint density at radius 3 is 2.44 bits per heavy atom. The molecule has 1 heterocycles. The number of hydrogen-bond donors (Lipinski definition) is 0. The molecule has 1 saturated heterocycles. The molecule has 1 aromatic carbocycles. The molecule has 1 aliphatic rings. The molecule has 0 aliphatic carbocycles. The number of nitrogens with zero attached hydrogens (tertiary/aromatic N) is 1. The average Bonchev–Trinajstić information content (AvgIpc) is 2.61. The van der Waals surface area contributed by atoms with E-state index in [2.05, 4.69) is 49.8 Å². The fourth-order valence-electron chi connectivity index (χ4n) is 2.47. The van der Waals surface area contributed by atoms with Gasteiger partial charge in [0.1, 0.15) is 5.25 Å². The van der Waals surface area contributed by atoms with Gasteiger partial charge in [0.05, 0.1) is 0 Å². The van der Waals surface area contributed by atoms with Crippen molar-refractivity contribution in [1.29, 1.82) is 0 Å². The van der Waals surface area contributed by atoms with Crippen molar-refractivity contribution in [2.24, 2.45) is 0 Å². The summed E-state index contributed by atoms with van der Waals surface area (Å²) >= 11 is 4.54. The van der Waals surface area contributed by atoms with Crippen LogP contribution in [0.15, 0.2) is 24.3 Å². The van der Waals surface area contributed by atoms with Gasteiger partial charge in [-0.2, -0.15) is 0 Å². The van der Waals surface area contributed by atoms with Gasteiger partial charge in [-0.3, -0.25) is 9.59 Å². The van der Waals surface area contributed by atoms with Crippen LogP contribution in [0.1, 0.15) is 43.1 Å². The van der Waals surface area contributed by atoms with E-state index < -0.39 is 8.32 Å². The van der Waals surface area contributed by atoms with Crippen molar-refractivity contribution in [3.8, 4) is 0 Å². The number of carbonyl (C=O) groups excluding carboxylic acids is 2. The molecular formula is C20H30BrNO3SSi. The van der Waals surface area contributed by atoms with Crippen LogP contribution in [0, 0.1) is 0 Å². The lowest BCUT2D eigenvalue weighted by atomic mass is 10.2. The first-order valence-electron chi connectivity index (χ1n) is 9.34. The maximum atomic E-state index is 12.3. The minimum atomic E-state index is -1.72. The van der Waals surface area contributed by atoms with E-state index in [1.54, 1.807) is 0 Å². The molecule has 0 bridgehead atoms. The Hall–Kier alpha value is -0.633. The van der Waals surface area contributed by atoms with Gasteiger partial charge in [-0.05, 0) is 30.1 Å². The van der Waals surface area contributed by atoms with Crippen molar-refractivity contribution in [2.75, 3.05) is 19.7 Å². The molecule has 1 atom stereocenters. The normalized spacial score (nSPS) is 17.8. The van der Waals surface area contributed by atoms with E-state index in [1.807, 2.05) is 29.2 Å². The molecule has 4 nitrogen and oxygen atoms in total. The molecular weight excluding hydrogens is 442 g/mol. The molecule has 0 radical (unpaired) electrons. The number of likely N-dealkylation sites (tertiary alicyclic amines) is 1. The first-order valence-corrected chi connectivity index (χ1v) is 14.2. The van der Waals surface area contributed by atoms with Gasteiger partial charge in [-0.25, -0.2) is 0 Å². The van der Waals surface area contributed by atoms with Crippen molar-refractivity contribution in [1.82, 2.24) is 4.90 Å². The van der Waals surface area contributed by atoms with E-state index in [0.717, 1.165) is 29.1 Å². The van der Waals surface area contributed by atoms with Gasteiger partial charge < -0.3 is 9.33 Å². The summed E-state index contributed by atoms with van der Waals surface area (Å²) < 4.78 is 6.15. The van der Waals surface area contributed by atoms with Crippen molar-refractivity contribution in [3.05, 3.63) is 35.4 Å². The maximum Gasteiger partial charge on any atom is 0.238 e. The Labute approximate surface area is 176 Å². The van der Waals surface area contributed by atoms with Gasteiger partial charge in [-0.1, -0.05) is 72.7 Å². The lowest BCUT2D eigenvalue weighted by Crippen LogP contribution is -2.55. The fraction of sp³-hybridized carbons (Fsp3) is 0.600. The molecule has 7 heteroatoms. The number of amides is 1. The van der Waals surface area contributed by atoms with Crippen LogP contribution in [0.4, 0.5) is 0 Å². The fourth-order valence-corrected chi connectivity index (χ4v) is 4.97. The minimum absolute atomic E-state index is 0.0321. The predicted octanol–water partition coefficient (Wildman–Crippen LogP) is 5.08. The van der Waals surface area contributed by atoms with Crippen LogP contribution in [-0.2, 0) is 14.6 Å². The summed E-state index contributed by atoms with van der Waals surface area (Å²) in [6.07, 6.45) is 0.845. The summed E-state index contributed by atoms with van der Waals surface area (Å²) in [5, 5.41) is 0.697. The second-order valence-corrected chi connectivity index (χ2v) is 15.0. The van der Waals surface area contributed by atoms with Gasteiger partial charge in [0.25, 0.3) is 0 Å². The lowest BCUT2D eigenvalue weighted by molar-refractivity contribution is -0.138. The Morgan fingerprint density at radius 1 is 1.30 bits per heavy atom. The molecule has 1 aliphatic heterocycles. The van der Waals surface area contributed by atoms with Crippen LogP contribution in [0.3, 0.4) is 0 Å². The number of hydrogen-bond acceptors (Lipinski definition) is 4. The third-order valence-corrected chi connectivity index (χ3v) is 11.7. The highest BCUT2D eigenvalue weighted by Crippen LogP contribution is 2.36. The molecule has 2 rings (SSSR count). The quantitative estimate of drug-likeness (QED) is 0.229. The van der Waals surface area contributed by atoms with E-state index in [-0.39, 0.29) is 21.3 Å². The van der Waals surface area contributed by atoms with Crippen molar-refractivity contribution in [3.63, 3.8) is 0 Å². The second-order valence-electron chi connectivity index (χ2n) is 8.47. The Morgan fingerprint density at radius 2 is 1.93 bits per heavy atom. The van der Waals surface area contributed by atoms with Gasteiger partial charge in [0.2, 0.25) is 11.0 Å². The monoisotopic (exact) mass is 471 g/mol. The lowest BCUT2D eigenvalue weighted by Gasteiger charge is -2.39. The Kier molecular flexibility index (Phi) is 7.76. The Bertz CT molecular complexity index is 673. The largest absolute Gasteiger partial charge is 0.417 e. The predicted molar refractivity (Wildman–Crippen MR) is 119 cm³/mol. The minimum Gasteiger partial charge on any atom is -0.417 e. The number of halogens is 1. The van der Waals surface area contributed by atoms with Crippen molar-refractivity contribution < 1.29 is 14.0 Å². The SMILES string of the molecule is CC(C)(C)[Si](C)(C)OCCCN1CC(SC(=O)c2ccc(CBr)cc2)C1=O. The maximum absolute atomic E-state index is 12.3. The highest BCUT2D eigenvalue weighted by molar-refractivity contribution is 9.08. The molecule has 0 saturated carbocycles. The summed E-state index contributed by atoms with van der Waals surface area (Å²) in [5.74, 6) is 0.0674. The number of β-lactam (4-membered cyclic amide) rings is 1. The van der Waals surface area contributed by atoms with Gasteiger partial charge in [-0.15, -0.1) is 0 Å². The van der Waals surface area contributed by atoms with Crippen LogP contribution < -0.4 is 0 Å². The summed E-state index contributed by atoms with van der Waals surface area (Å²) in [5.41, 5.74) is 1.78. The highest BCUT2D eigenvalue weighted by Gasteiger charge is 2.39. The van der Waals surface area contributed by atoms with E-state index in [1.165, 1.54) is 0 Å². The molecule has 1 aromatic rings. The molecule has 1 fully saturated rings. The number of alkyl halides is 1. The Balaban J connectivity index is 1.71. The standard InChI is InChI=1S/C20H30BrNO3SSi/c1-20(2,3)27(4,5)25-12-6-11-22-14-17(18(22)23)26-19(24)16-9-7-15(13-21)8-10-16/h7-10,17H,6,11-14H2,1-5H3. The zero-order valence-corrected chi connectivity index (χ0v) is 20.3. The average molecular weight is 473 g/mol. The molecule has 0 aromatic heterocycles. The zero-order valence-electron chi connectivity index (χ0n) is 16.9. The topological polar surface area (TPSA) is 46.6 Å². The van der Waals surface area contributed by atoms with Crippen LogP contribution in [0.2, 0.25) is 18.1 Å². The summed E-state index contributed by atoms with van der Waals surface area (Å²) in [6, 6.07) is 7.51. The number of benzene rings is 1. The number of carbonyl (C=O) groups is 2. The van der Waals surface area contributed by atoms with Crippen LogP contribution in [0.25, 0.3) is 0 Å². The molecule has 0 spiro atoms. The first-order chi connectivity index (χ1) is 12.5. The van der Waals surface area contributed by atoms with Gasteiger partial charge in [0, 0.05) is 30.6 Å². The molecule has 27 heavy (non-hydrogen) atoms. The van der Waals surface area contributed by atoms with Crippen LogP contribution in [-0.4, -0.2) is 49.2 Å². The number of thioether (sulfide) groups is 1. The first kappa shape index (κ1) is 22.7. The van der Waals surface area contributed by atoms with E-state index >= 15 is 0 Å². The molecule has 150 valence electrons. The summed E-state index contributed by atoms with van der Waals surface area (Å²) in [4.78, 5) is 26.5. The van der Waals surface area contributed by atoms with Crippen LogP contribution in [0.5, 0.6) is 0 Å². The molecule has 1 amide bonds. The van der Waals surface area contributed by atoms with E-state index in [9.17, 15) is 9.59 Å². The smallest absolute Gasteiger partial charge is 0.238 e. The van der Waals surface area contributed by atoms with Gasteiger partial charge >= 0.3 is 0 Å². The molecule has 1 unspecified atom stereocenters. The summed E-state index contributed by atoms with van der Waals surface area (Å²) in [6.45, 7) is 13.2. The molecule has 0 N–H and O–H groups in total. The van der Waals surface area contributed by atoms with Crippen molar-refractivity contribution in [2.45, 2.75) is 55.9 Å². The second kappa shape index (κ2) is 9.24. The number of rotatable bonds is 8. The van der Waals surface area contributed by atoms with E-state index in [0.29, 0.717) is 25.3 Å². The third kappa shape index (κ3) is 5.92.